The molecule has 15 nitrogen and oxygen atoms in total. The van der Waals surface area contributed by atoms with Crippen molar-refractivity contribution >= 4 is 47.8 Å². The molecule has 7 unspecified atom stereocenters. The number of hydrogen-bond acceptors (Lipinski definition) is 8. The molecule has 7 atom stereocenters. The van der Waals surface area contributed by atoms with Crippen LogP contribution in [0.25, 0.3) is 0 Å². The Balaban J connectivity index is 1.28. The van der Waals surface area contributed by atoms with E-state index >= 15 is 0 Å². The Hall–Kier alpha value is -5.60. The Morgan fingerprint density at radius 3 is 2.21 bits per heavy atom. The minimum atomic E-state index is -1.44. The van der Waals surface area contributed by atoms with E-state index in [0.29, 0.717) is 51.5 Å². The molecule has 0 aromatic heterocycles. The summed E-state index contributed by atoms with van der Waals surface area (Å²) in [5.74, 6) is -3.48. The molecule has 15 heteroatoms. The number of aliphatic imine (C=N–C) groups is 1. The fraction of sp³-hybridized carbons (Fsp3) is 0.512. The summed E-state index contributed by atoms with van der Waals surface area (Å²) < 4.78 is 5.74. The first kappa shape index (κ1) is 40.1. The zero-order valence-corrected chi connectivity index (χ0v) is 31.9. The van der Waals surface area contributed by atoms with Crippen molar-refractivity contribution in [3.8, 4) is 0 Å². The summed E-state index contributed by atoms with van der Waals surface area (Å²) in [6.45, 7) is 3.67. The summed E-state index contributed by atoms with van der Waals surface area (Å²) in [5.41, 5.74) is 1.68. The summed E-state index contributed by atoms with van der Waals surface area (Å²) in [4.78, 5) is 105. The van der Waals surface area contributed by atoms with Crippen LogP contribution < -0.4 is 16.0 Å². The van der Waals surface area contributed by atoms with Crippen LogP contribution in [0.2, 0.25) is 0 Å². The van der Waals surface area contributed by atoms with E-state index in [1.165, 1.54) is 20.9 Å². The Kier molecular flexibility index (Phi) is 13.1. The zero-order chi connectivity index (χ0) is 39.8. The first-order chi connectivity index (χ1) is 27.0. The van der Waals surface area contributed by atoms with Crippen molar-refractivity contribution in [2.24, 2.45) is 10.9 Å². The molecule has 0 saturated carbocycles. The van der Waals surface area contributed by atoms with E-state index in [4.69, 9.17) is 4.74 Å². The Morgan fingerprint density at radius 2 is 1.48 bits per heavy atom. The maximum atomic E-state index is 14.5. The number of cyclic esters (lactones) is 1. The zero-order valence-electron chi connectivity index (χ0n) is 31.9. The van der Waals surface area contributed by atoms with E-state index in [9.17, 15) is 33.6 Å². The van der Waals surface area contributed by atoms with Gasteiger partial charge in [-0.15, -0.1) is 0 Å². The highest BCUT2D eigenvalue weighted by atomic mass is 16.5. The average Bonchev–Trinajstić information content (AvgIpc) is 3.86. The molecule has 4 saturated heterocycles. The van der Waals surface area contributed by atoms with Crippen LogP contribution in [0.4, 0.5) is 4.79 Å². The lowest BCUT2D eigenvalue weighted by Crippen LogP contribution is -2.62. The third-order valence-corrected chi connectivity index (χ3v) is 11.0. The second-order valence-corrected chi connectivity index (χ2v) is 15.2. The smallest absolute Gasteiger partial charge is 0.341 e. The molecule has 3 N–H and O–H groups in total. The molecule has 2 aromatic carbocycles. The standard InChI is InChI=1S/C41H51N7O8/c1-26-22-34-40(54)56-25-31(44-35(49)30(23-29-14-7-4-8-15-29)45-41(55)42-19-18-28-12-5-3-6-13-28)38(52)47-21-11-17-33(47)39(53)46-20-10-9-16-32(46)36(50)43-27(2)37(51)48(34)24-26/h3-8,12-15,19,26-27,30-34H,9-11,16-18,20-25H2,1-2H3,(H,43,50)(H,44,49)(H,45,55). The van der Waals surface area contributed by atoms with Crippen LogP contribution in [0.5, 0.6) is 0 Å². The van der Waals surface area contributed by atoms with Crippen LogP contribution in [0, 0.1) is 5.92 Å². The number of ether oxygens (including phenoxy) is 1. The lowest BCUT2D eigenvalue weighted by atomic mass is 9.99. The van der Waals surface area contributed by atoms with Crippen molar-refractivity contribution in [3.63, 3.8) is 0 Å². The predicted octanol–water partition coefficient (Wildman–Crippen LogP) is 1.78. The monoisotopic (exact) mass is 769 g/mol. The fourth-order valence-electron chi connectivity index (χ4n) is 8.08. The lowest BCUT2D eigenvalue weighted by Gasteiger charge is -2.39. The molecule has 298 valence electrons. The largest absolute Gasteiger partial charge is 0.461 e. The summed E-state index contributed by atoms with van der Waals surface area (Å²) in [7, 11) is 0. The topological polar surface area (TPSA) is 187 Å². The number of hydrogen-bond donors (Lipinski definition) is 3. The van der Waals surface area contributed by atoms with Crippen molar-refractivity contribution in [1.29, 1.82) is 0 Å². The second kappa shape index (κ2) is 18.4. The molecule has 4 heterocycles. The van der Waals surface area contributed by atoms with Crippen LogP contribution in [0.15, 0.2) is 65.7 Å². The Morgan fingerprint density at radius 1 is 0.821 bits per heavy atom. The minimum Gasteiger partial charge on any atom is -0.461 e. The van der Waals surface area contributed by atoms with Gasteiger partial charge in [0, 0.05) is 38.7 Å². The number of fused-ring (bicyclic) bond motifs is 3. The summed E-state index contributed by atoms with van der Waals surface area (Å²) in [5, 5.41) is 8.19. The molecular formula is C41H51N7O8. The number of nitrogens with zero attached hydrogens (tertiary/aromatic N) is 4. The van der Waals surface area contributed by atoms with Gasteiger partial charge in [-0.1, -0.05) is 67.6 Å². The summed E-state index contributed by atoms with van der Waals surface area (Å²) >= 11 is 0. The van der Waals surface area contributed by atoms with E-state index < -0.39 is 78.5 Å². The number of nitrogens with one attached hydrogen (secondary N) is 3. The highest BCUT2D eigenvalue weighted by Crippen LogP contribution is 2.28. The average molecular weight is 770 g/mol. The van der Waals surface area contributed by atoms with Crippen molar-refractivity contribution in [3.05, 3.63) is 71.8 Å². The van der Waals surface area contributed by atoms with Crippen LogP contribution in [0.1, 0.15) is 63.5 Å². The van der Waals surface area contributed by atoms with Crippen molar-refractivity contribution in [1.82, 2.24) is 30.7 Å². The molecule has 2 aromatic rings. The van der Waals surface area contributed by atoms with Gasteiger partial charge in [-0.2, -0.15) is 0 Å². The van der Waals surface area contributed by atoms with Gasteiger partial charge in [0.1, 0.15) is 42.9 Å². The van der Waals surface area contributed by atoms with Crippen LogP contribution in [-0.2, 0) is 46.3 Å². The van der Waals surface area contributed by atoms with Gasteiger partial charge in [-0.05, 0) is 62.5 Å². The maximum Gasteiger partial charge on any atom is 0.341 e. The second-order valence-electron chi connectivity index (χ2n) is 15.2. The highest BCUT2D eigenvalue weighted by Gasteiger charge is 2.46. The van der Waals surface area contributed by atoms with Gasteiger partial charge < -0.3 is 35.4 Å². The van der Waals surface area contributed by atoms with Gasteiger partial charge in [0.05, 0.1) is 0 Å². The van der Waals surface area contributed by atoms with Gasteiger partial charge in [0.25, 0.3) is 0 Å². The molecule has 4 fully saturated rings. The molecular weight excluding hydrogens is 718 g/mol. The molecule has 0 radical (unpaired) electrons. The fourth-order valence-corrected chi connectivity index (χ4v) is 8.08. The van der Waals surface area contributed by atoms with Crippen molar-refractivity contribution in [2.45, 2.75) is 101 Å². The number of amides is 7. The van der Waals surface area contributed by atoms with E-state index in [1.54, 1.807) is 31.2 Å². The van der Waals surface area contributed by atoms with Gasteiger partial charge in [0.15, 0.2) is 0 Å². The lowest BCUT2D eigenvalue weighted by molar-refractivity contribution is -0.158. The number of piperidine rings is 1. The van der Waals surface area contributed by atoms with Gasteiger partial charge in [-0.3, -0.25) is 24.0 Å². The number of rotatable bonds is 7. The van der Waals surface area contributed by atoms with E-state index in [0.717, 1.165) is 11.1 Å². The highest BCUT2D eigenvalue weighted by molar-refractivity contribution is 5.98. The molecule has 0 spiro atoms. The third kappa shape index (κ3) is 9.61. The molecule has 4 aliphatic rings. The molecule has 0 bridgehead atoms. The normalized spacial score (nSPS) is 26.9. The van der Waals surface area contributed by atoms with Gasteiger partial charge in [0.2, 0.25) is 29.5 Å². The number of benzene rings is 2. The minimum absolute atomic E-state index is 0.0480. The SMILES string of the molecule is CC1CC2C(=O)OCC(NC(=O)C(Cc3ccccc3)NC(=O)N=CCc3ccccc3)C(=O)N3CCCC3C(=O)N3CCCCC3C(=O)NC(C)C(=O)N2C1. The van der Waals surface area contributed by atoms with E-state index in [2.05, 4.69) is 20.9 Å². The number of esters is 1. The van der Waals surface area contributed by atoms with E-state index in [1.807, 2.05) is 43.3 Å². The van der Waals surface area contributed by atoms with Gasteiger partial charge >= 0.3 is 12.0 Å². The summed E-state index contributed by atoms with van der Waals surface area (Å²) in [6, 6.07) is 11.4. The number of urea groups is 1. The molecule has 6 rings (SSSR count). The first-order valence-corrected chi connectivity index (χ1v) is 19.6. The quantitative estimate of drug-likeness (QED) is 0.281. The molecule has 0 aliphatic carbocycles. The van der Waals surface area contributed by atoms with Crippen LogP contribution >= 0.6 is 0 Å². The maximum absolute atomic E-state index is 14.5. The Labute approximate surface area is 326 Å². The first-order valence-electron chi connectivity index (χ1n) is 19.6. The predicted molar refractivity (Wildman–Crippen MR) is 205 cm³/mol. The van der Waals surface area contributed by atoms with Crippen LogP contribution in [-0.4, -0.2) is 125 Å². The van der Waals surface area contributed by atoms with Crippen molar-refractivity contribution in [2.75, 3.05) is 26.2 Å². The molecule has 7 amide bonds. The third-order valence-electron chi connectivity index (χ3n) is 11.0. The molecule has 56 heavy (non-hydrogen) atoms. The number of carbonyl (C=O) groups excluding carboxylic acids is 7. The van der Waals surface area contributed by atoms with Crippen molar-refractivity contribution < 1.29 is 38.3 Å². The Bertz CT molecular complexity index is 1810. The number of carbonyl (C=O) groups is 7. The van der Waals surface area contributed by atoms with E-state index in [-0.39, 0.29) is 31.3 Å². The van der Waals surface area contributed by atoms with Gasteiger partial charge in [-0.25, -0.2) is 14.6 Å². The van der Waals surface area contributed by atoms with Crippen LogP contribution in [0.3, 0.4) is 0 Å². The summed E-state index contributed by atoms with van der Waals surface area (Å²) in [6.07, 6.45) is 4.85. The molecule has 4 aliphatic heterocycles.